The van der Waals surface area contributed by atoms with E-state index in [4.69, 9.17) is 4.74 Å². The van der Waals surface area contributed by atoms with Crippen LogP contribution in [0.5, 0.6) is 5.75 Å². The molecule has 2 N–H and O–H groups in total. The lowest BCUT2D eigenvalue weighted by molar-refractivity contribution is -0.116. The van der Waals surface area contributed by atoms with Gasteiger partial charge in [-0.25, -0.2) is 4.98 Å². The monoisotopic (exact) mass is 460 g/mol. The molecule has 2 amide bonds. The fourth-order valence-electron chi connectivity index (χ4n) is 2.60. The highest BCUT2D eigenvalue weighted by molar-refractivity contribution is 8.00. The Morgan fingerprint density at radius 2 is 2.03 bits per heavy atom. The van der Waals surface area contributed by atoms with E-state index in [0.717, 1.165) is 10.6 Å². The summed E-state index contributed by atoms with van der Waals surface area (Å²) in [5, 5.41) is 14.6. The van der Waals surface area contributed by atoms with Gasteiger partial charge in [-0.15, -0.1) is 21.5 Å². The first kappa shape index (κ1) is 22.8. The first-order valence-electron chi connectivity index (χ1n) is 9.50. The number of methoxy groups -OCH3 is 1. The summed E-state index contributed by atoms with van der Waals surface area (Å²) in [7, 11) is 3.34. The number of thiazole rings is 1. The average Bonchev–Trinajstić information content (AvgIpc) is 3.23. The number of anilines is 2. The van der Waals surface area contributed by atoms with E-state index in [-0.39, 0.29) is 18.2 Å². The van der Waals surface area contributed by atoms with E-state index < -0.39 is 5.25 Å². The first-order valence-corrected chi connectivity index (χ1v) is 11.2. The van der Waals surface area contributed by atoms with Crippen molar-refractivity contribution in [3.63, 3.8) is 0 Å². The maximum atomic E-state index is 12.5. The van der Waals surface area contributed by atoms with Crippen LogP contribution in [-0.4, -0.2) is 43.9 Å². The Bertz CT molecular complexity index is 1080. The smallest absolute Gasteiger partial charge is 0.239 e. The Labute approximate surface area is 188 Å². The minimum Gasteiger partial charge on any atom is -0.497 e. The van der Waals surface area contributed by atoms with Crippen molar-refractivity contribution in [2.24, 2.45) is 7.05 Å². The number of carbonyl (C=O) groups excluding carboxylic acids is 2. The molecular formula is C20H24N6O3S2. The molecule has 0 spiro atoms. The van der Waals surface area contributed by atoms with E-state index >= 15 is 0 Å². The number of hydrogen-bond acceptors (Lipinski definition) is 8. The number of benzene rings is 1. The highest BCUT2D eigenvalue weighted by Crippen LogP contribution is 2.25. The molecule has 31 heavy (non-hydrogen) atoms. The molecule has 1 unspecified atom stereocenters. The Kier molecular flexibility index (Phi) is 7.29. The number of nitrogens with one attached hydrogen (secondary N) is 2. The summed E-state index contributed by atoms with van der Waals surface area (Å²) in [5.74, 6) is 0.770. The van der Waals surface area contributed by atoms with Gasteiger partial charge in [0.2, 0.25) is 11.8 Å². The molecule has 9 nitrogen and oxygen atoms in total. The number of amides is 2. The lowest BCUT2D eigenvalue weighted by atomic mass is 10.3. The van der Waals surface area contributed by atoms with Crippen molar-refractivity contribution in [3.8, 4) is 5.75 Å². The Balaban J connectivity index is 1.58. The van der Waals surface area contributed by atoms with Crippen molar-refractivity contribution in [2.75, 3.05) is 17.7 Å². The first-order chi connectivity index (χ1) is 14.8. The minimum atomic E-state index is -0.411. The molecule has 0 aliphatic rings. The SMILES string of the molecule is COc1cccc(NC(=O)Cc2nnc(SC(C)C(=O)Nc3nc(C)c(C)s3)n2C)c1. The summed E-state index contributed by atoms with van der Waals surface area (Å²) in [5.41, 5.74) is 1.55. The summed E-state index contributed by atoms with van der Waals surface area (Å²) in [6, 6.07) is 7.12. The van der Waals surface area contributed by atoms with Crippen molar-refractivity contribution in [2.45, 2.75) is 37.6 Å². The fraction of sp³-hybridized carbons (Fsp3) is 0.350. The third-order valence-electron chi connectivity index (χ3n) is 4.51. The Hall–Kier alpha value is -2.92. The van der Waals surface area contributed by atoms with E-state index in [1.807, 2.05) is 13.8 Å². The van der Waals surface area contributed by atoms with Crippen molar-refractivity contribution in [3.05, 3.63) is 40.7 Å². The van der Waals surface area contributed by atoms with E-state index in [2.05, 4.69) is 25.8 Å². The van der Waals surface area contributed by atoms with Crippen molar-refractivity contribution < 1.29 is 14.3 Å². The molecule has 3 aromatic rings. The zero-order chi connectivity index (χ0) is 22.5. The molecule has 1 aromatic carbocycles. The molecule has 0 bridgehead atoms. The zero-order valence-corrected chi connectivity index (χ0v) is 19.6. The summed E-state index contributed by atoms with van der Waals surface area (Å²) < 4.78 is 6.88. The number of aromatic nitrogens is 4. The van der Waals surface area contributed by atoms with Crippen molar-refractivity contribution in [1.29, 1.82) is 0 Å². The van der Waals surface area contributed by atoms with Gasteiger partial charge < -0.3 is 19.9 Å². The number of rotatable bonds is 8. The number of aryl methyl sites for hydroxylation is 2. The van der Waals surface area contributed by atoms with Crippen molar-refractivity contribution >= 4 is 45.7 Å². The largest absolute Gasteiger partial charge is 0.497 e. The lowest BCUT2D eigenvalue weighted by Crippen LogP contribution is -2.23. The standard InChI is InChI=1S/C20H24N6O3S2/c1-11-12(2)30-19(21-11)23-18(28)13(3)31-20-25-24-16(26(20)4)10-17(27)22-14-7-6-8-15(9-14)29-5/h6-9,13H,10H2,1-5H3,(H,22,27)(H,21,23,28). The van der Waals surface area contributed by atoms with Crippen LogP contribution >= 0.6 is 23.1 Å². The van der Waals surface area contributed by atoms with Crippen LogP contribution in [0.4, 0.5) is 10.8 Å². The van der Waals surface area contributed by atoms with Crippen molar-refractivity contribution in [1.82, 2.24) is 19.7 Å². The third-order valence-corrected chi connectivity index (χ3v) is 6.63. The van der Waals surface area contributed by atoms with Crippen LogP contribution < -0.4 is 15.4 Å². The summed E-state index contributed by atoms with van der Waals surface area (Å²) in [6.45, 7) is 5.66. The Morgan fingerprint density at radius 3 is 2.71 bits per heavy atom. The molecule has 0 aliphatic carbocycles. The van der Waals surface area contributed by atoms with E-state index in [9.17, 15) is 9.59 Å². The molecule has 2 aromatic heterocycles. The van der Waals surface area contributed by atoms with Crippen LogP contribution in [0, 0.1) is 13.8 Å². The van der Waals surface area contributed by atoms with E-state index in [0.29, 0.717) is 27.5 Å². The molecule has 0 aliphatic heterocycles. The highest BCUT2D eigenvalue weighted by Gasteiger charge is 2.21. The molecule has 3 rings (SSSR count). The second-order valence-electron chi connectivity index (χ2n) is 6.82. The topological polar surface area (TPSA) is 111 Å². The van der Waals surface area contributed by atoms with Crippen LogP contribution in [0.15, 0.2) is 29.4 Å². The predicted molar refractivity (Wildman–Crippen MR) is 122 cm³/mol. The van der Waals surface area contributed by atoms with Gasteiger partial charge in [-0.05, 0) is 32.9 Å². The van der Waals surface area contributed by atoms with Gasteiger partial charge in [-0.2, -0.15) is 0 Å². The second-order valence-corrected chi connectivity index (χ2v) is 9.34. The number of ether oxygens (including phenoxy) is 1. The van der Waals surface area contributed by atoms with Gasteiger partial charge in [-0.3, -0.25) is 9.59 Å². The minimum absolute atomic E-state index is 0.0551. The second kappa shape index (κ2) is 9.92. The van der Waals surface area contributed by atoms with Gasteiger partial charge in [-0.1, -0.05) is 17.8 Å². The van der Waals surface area contributed by atoms with Gasteiger partial charge in [0.05, 0.1) is 24.5 Å². The number of nitrogens with zero attached hydrogens (tertiary/aromatic N) is 4. The molecule has 0 saturated carbocycles. The molecule has 164 valence electrons. The molecule has 1 atom stereocenters. The summed E-state index contributed by atoms with van der Waals surface area (Å²) >= 11 is 2.72. The van der Waals surface area contributed by atoms with E-state index in [1.165, 1.54) is 23.1 Å². The van der Waals surface area contributed by atoms with Gasteiger partial charge in [0.15, 0.2) is 10.3 Å². The lowest BCUT2D eigenvalue weighted by Gasteiger charge is -2.10. The van der Waals surface area contributed by atoms with Gasteiger partial charge in [0.25, 0.3) is 0 Å². The fourth-order valence-corrected chi connectivity index (χ4v) is 4.25. The van der Waals surface area contributed by atoms with Gasteiger partial charge >= 0.3 is 0 Å². The quantitative estimate of drug-likeness (QED) is 0.497. The maximum absolute atomic E-state index is 12.5. The summed E-state index contributed by atoms with van der Waals surface area (Å²) in [6.07, 6.45) is 0.0551. The van der Waals surface area contributed by atoms with Gasteiger partial charge in [0.1, 0.15) is 11.6 Å². The maximum Gasteiger partial charge on any atom is 0.239 e. The van der Waals surface area contributed by atoms with Crippen LogP contribution in [0.3, 0.4) is 0 Å². The highest BCUT2D eigenvalue weighted by atomic mass is 32.2. The number of hydrogen-bond donors (Lipinski definition) is 2. The average molecular weight is 461 g/mol. The molecule has 2 heterocycles. The van der Waals surface area contributed by atoms with Gasteiger partial charge in [0, 0.05) is 23.7 Å². The molecular weight excluding hydrogens is 436 g/mol. The predicted octanol–water partition coefficient (Wildman–Crippen LogP) is 3.20. The van der Waals surface area contributed by atoms with E-state index in [1.54, 1.807) is 49.9 Å². The van der Waals surface area contributed by atoms with Crippen LogP contribution in [0.25, 0.3) is 0 Å². The summed E-state index contributed by atoms with van der Waals surface area (Å²) in [4.78, 5) is 30.3. The Morgan fingerprint density at radius 1 is 1.26 bits per heavy atom. The normalized spacial score (nSPS) is 11.8. The van der Waals surface area contributed by atoms with Crippen LogP contribution in [0.2, 0.25) is 0 Å². The number of thioether (sulfide) groups is 1. The van der Waals surface area contributed by atoms with Crippen LogP contribution in [-0.2, 0) is 23.1 Å². The molecule has 11 heteroatoms. The third kappa shape index (κ3) is 5.82. The zero-order valence-electron chi connectivity index (χ0n) is 17.9. The molecule has 0 fully saturated rings. The molecule has 0 radical (unpaired) electrons. The number of carbonyl (C=O) groups is 2. The van der Waals surface area contributed by atoms with Crippen LogP contribution in [0.1, 0.15) is 23.3 Å². The molecule has 0 saturated heterocycles.